The van der Waals surface area contributed by atoms with Gasteiger partial charge in [0.15, 0.2) is 0 Å². The summed E-state index contributed by atoms with van der Waals surface area (Å²) in [5.74, 6) is 0.384. The molecule has 2 aliphatic rings. The predicted octanol–water partition coefficient (Wildman–Crippen LogP) is 2.80. The van der Waals surface area contributed by atoms with Crippen molar-refractivity contribution in [1.29, 1.82) is 0 Å². The number of benzene rings is 1. The number of hydrogen-bond donors (Lipinski definition) is 1. The van der Waals surface area contributed by atoms with E-state index in [9.17, 15) is 14.0 Å². The highest BCUT2D eigenvalue weighted by Crippen LogP contribution is 2.21. The lowest BCUT2D eigenvalue weighted by molar-refractivity contribution is -0.128. The average Bonchev–Trinajstić information content (AvgIpc) is 3.02. The molecule has 0 saturated carbocycles. The first-order chi connectivity index (χ1) is 12.5. The summed E-state index contributed by atoms with van der Waals surface area (Å²) < 4.78 is 13.6. The Morgan fingerprint density at radius 2 is 2.15 bits per heavy atom. The minimum absolute atomic E-state index is 0.0925. The van der Waals surface area contributed by atoms with Crippen LogP contribution < -0.4 is 5.32 Å². The summed E-state index contributed by atoms with van der Waals surface area (Å²) in [5.41, 5.74) is 1.07. The van der Waals surface area contributed by atoms with E-state index >= 15 is 0 Å². The summed E-state index contributed by atoms with van der Waals surface area (Å²) in [6.07, 6.45) is 4.32. The minimum atomic E-state index is -0.307. The Morgan fingerprint density at radius 3 is 2.88 bits per heavy atom. The van der Waals surface area contributed by atoms with Gasteiger partial charge in [0, 0.05) is 44.7 Å². The molecule has 2 fully saturated rings. The van der Waals surface area contributed by atoms with Crippen LogP contribution in [0.25, 0.3) is 0 Å². The van der Waals surface area contributed by atoms with Crippen molar-refractivity contribution >= 4 is 17.5 Å². The average molecular weight is 361 g/mol. The van der Waals surface area contributed by atoms with E-state index in [1.807, 2.05) is 4.90 Å². The monoisotopic (exact) mass is 361 g/mol. The number of likely N-dealkylation sites (tertiary alicyclic amines) is 2. The van der Waals surface area contributed by atoms with E-state index in [1.165, 1.54) is 6.07 Å². The van der Waals surface area contributed by atoms with E-state index in [0.717, 1.165) is 45.4 Å². The fraction of sp³-hybridized carbons (Fsp3) is 0.600. The van der Waals surface area contributed by atoms with Crippen molar-refractivity contribution in [3.05, 3.63) is 29.6 Å². The second-order valence-corrected chi connectivity index (χ2v) is 7.51. The summed E-state index contributed by atoms with van der Waals surface area (Å²) >= 11 is 0. The number of hydrogen-bond acceptors (Lipinski definition) is 3. The largest absolute Gasteiger partial charge is 0.342 e. The molecule has 0 spiro atoms. The van der Waals surface area contributed by atoms with Gasteiger partial charge in [-0.25, -0.2) is 4.39 Å². The highest BCUT2D eigenvalue weighted by atomic mass is 19.1. The third-order valence-corrected chi connectivity index (χ3v) is 5.36. The molecule has 1 aromatic rings. The molecule has 0 radical (unpaired) electrons. The fourth-order valence-corrected chi connectivity index (χ4v) is 3.87. The zero-order valence-corrected chi connectivity index (χ0v) is 15.5. The Bertz CT molecular complexity index is 664. The molecule has 1 atom stereocenters. The number of carbonyl (C=O) groups excluding carboxylic acids is 2. The van der Waals surface area contributed by atoms with Crippen LogP contribution in [0.3, 0.4) is 0 Å². The van der Waals surface area contributed by atoms with Crippen LogP contribution in [0.15, 0.2) is 18.2 Å². The van der Waals surface area contributed by atoms with Crippen LogP contribution in [0.1, 0.15) is 37.7 Å². The Balaban J connectivity index is 1.42. The van der Waals surface area contributed by atoms with Crippen molar-refractivity contribution in [1.82, 2.24) is 9.80 Å². The second kappa shape index (κ2) is 8.62. The molecule has 2 amide bonds. The highest BCUT2D eigenvalue weighted by Gasteiger charge is 2.26. The van der Waals surface area contributed by atoms with E-state index in [4.69, 9.17) is 0 Å². The summed E-state index contributed by atoms with van der Waals surface area (Å²) in [7, 11) is 0. The van der Waals surface area contributed by atoms with Gasteiger partial charge in [0.2, 0.25) is 11.8 Å². The molecule has 5 nitrogen and oxygen atoms in total. The molecule has 0 aliphatic carbocycles. The third-order valence-electron chi connectivity index (χ3n) is 5.36. The molecular formula is C20H28FN3O2. The Kier molecular flexibility index (Phi) is 6.25. The maximum Gasteiger partial charge on any atom is 0.225 e. The van der Waals surface area contributed by atoms with Crippen LogP contribution in [-0.4, -0.2) is 54.3 Å². The van der Waals surface area contributed by atoms with Gasteiger partial charge in [0.1, 0.15) is 5.82 Å². The fourth-order valence-electron chi connectivity index (χ4n) is 3.87. The van der Waals surface area contributed by atoms with Crippen molar-refractivity contribution in [2.45, 2.75) is 39.0 Å². The number of anilines is 1. The van der Waals surface area contributed by atoms with E-state index in [-0.39, 0.29) is 17.6 Å². The number of aryl methyl sites for hydroxylation is 1. The molecule has 1 aromatic carbocycles. The molecule has 142 valence electrons. The predicted molar refractivity (Wildman–Crippen MR) is 99.4 cm³/mol. The standard InChI is InChI=1S/C20H28FN3O2/c1-15-6-7-17(12-18(15)21)22-19(25)8-11-23-9-2-4-16(13-23)14-24-10-3-5-20(24)26/h6-7,12,16H,2-5,8-11,13-14H2,1H3,(H,22,25). The van der Waals surface area contributed by atoms with Gasteiger partial charge in [-0.2, -0.15) is 0 Å². The van der Waals surface area contributed by atoms with Crippen molar-refractivity contribution in [2.75, 3.05) is 38.0 Å². The van der Waals surface area contributed by atoms with Gasteiger partial charge in [-0.1, -0.05) is 6.07 Å². The molecule has 6 heteroatoms. The van der Waals surface area contributed by atoms with Crippen LogP contribution in [0.5, 0.6) is 0 Å². The number of piperidine rings is 1. The number of rotatable bonds is 6. The number of halogens is 1. The Hall–Kier alpha value is -1.95. The van der Waals surface area contributed by atoms with Gasteiger partial charge in [-0.15, -0.1) is 0 Å². The molecule has 1 N–H and O–H groups in total. The lowest BCUT2D eigenvalue weighted by Crippen LogP contribution is -2.42. The molecular weight excluding hydrogens is 333 g/mol. The maximum atomic E-state index is 13.6. The molecule has 0 aromatic heterocycles. The first-order valence-electron chi connectivity index (χ1n) is 9.57. The van der Waals surface area contributed by atoms with Gasteiger partial charge in [0.05, 0.1) is 0 Å². The summed E-state index contributed by atoms with van der Waals surface area (Å²) in [6.45, 7) is 6.08. The van der Waals surface area contributed by atoms with Gasteiger partial charge in [-0.3, -0.25) is 9.59 Å². The molecule has 0 bridgehead atoms. The van der Waals surface area contributed by atoms with Crippen LogP contribution in [0.2, 0.25) is 0 Å². The second-order valence-electron chi connectivity index (χ2n) is 7.51. The highest BCUT2D eigenvalue weighted by molar-refractivity contribution is 5.90. The van der Waals surface area contributed by atoms with E-state index in [0.29, 0.717) is 36.6 Å². The number of carbonyl (C=O) groups is 2. The van der Waals surface area contributed by atoms with Crippen molar-refractivity contribution in [3.63, 3.8) is 0 Å². The smallest absolute Gasteiger partial charge is 0.225 e. The lowest BCUT2D eigenvalue weighted by Gasteiger charge is -2.34. The van der Waals surface area contributed by atoms with E-state index < -0.39 is 0 Å². The van der Waals surface area contributed by atoms with Crippen molar-refractivity contribution < 1.29 is 14.0 Å². The van der Waals surface area contributed by atoms with Crippen LogP contribution >= 0.6 is 0 Å². The van der Waals surface area contributed by atoms with Gasteiger partial charge >= 0.3 is 0 Å². The molecule has 2 aliphatic heterocycles. The third kappa shape index (κ3) is 5.04. The lowest BCUT2D eigenvalue weighted by atomic mass is 9.97. The molecule has 2 heterocycles. The quantitative estimate of drug-likeness (QED) is 0.848. The number of nitrogens with zero attached hydrogens (tertiary/aromatic N) is 2. The van der Waals surface area contributed by atoms with Gasteiger partial charge < -0.3 is 15.1 Å². The van der Waals surface area contributed by atoms with Crippen LogP contribution in [0.4, 0.5) is 10.1 Å². The zero-order chi connectivity index (χ0) is 18.5. The zero-order valence-electron chi connectivity index (χ0n) is 15.5. The molecule has 1 unspecified atom stereocenters. The summed E-state index contributed by atoms with van der Waals surface area (Å²) in [4.78, 5) is 28.2. The SMILES string of the molecule is Cc1ccc(NC(=O)CCN2CCCC(CN3CCCC3=O)C2)cc1F. The summed E-state index contributed by atoms with van der Waals surface area (Å²) in [6, 6.07) is 4.75. The number of amides is 2. The minimum Gasteiger partial charge on any atom is -0.342 e. The van der Waals surface area contributed by atoms with Gasteiger partial charge in [-0.05, 0) is 56.3 Å². The van der Waals surface area contributed by atoms with Gasteiger partial charge in [0.25, 0.3) is 0 Å². The van der Waals surface area contributed by atoms with E-state index in [1.54, 1.807) is 19.1 Å². The first-order valence-corrected chi connectivity index (χ1v) is 9.57. The first kappa shape index (κ1) is 18.8. The Morgan fingerprint density at radius 1 is 1.31 bits per heavy atom. The van der Waals surface area contributed by atoms with E-state index in [2.05, 4.69) is 10.2 Å². The molecule has 2 saturated heterocycles. The Labute approximate surface area is 154 Å². The van der Waals surface area contributed by atoms with Crippen molar-refractivity contribution in [2.24, 2.45) is 5.92 Å². The van der Waals surface area contributed by atoms with Crippen LogP contribution in [-0.2, 0) is 9.59 Å². The number of nitrogens with one attached hydrogen (secondary N) is 1. The topological polar surface area (TPSA) is 52.7 Å². The van der Waals surface area contributed by atoms with Crippen LogP contribution in [0, 0.1) is 18.7 Å². The van der Waals surface area contributed by atoms with Crippen molar-refractivity contribution in [3.8, 4) is 0 Å². The molecule has 26 heavy (non-hydrogen) atoms. The maximum absolute atomic E-state index is 13.6. The molecule has 3 rings (SSSR count). The summed E-state index contributed by atoms with van der Waals surface area (Å²) in [5, 5.41) is 2.77. The normalized spacial score (nSPS) is 21.2.